The van der Waals surface area contributed by atoms with Crippen LogP contribution in [-0.2, 0) is 18.9 Å². The lowest BCUT2D eigenvalue weighted by Gasteiger charge is -2.38. The van der Waals surface area contributed by atoms with Crippen molar-refractivity contribution in [2.75, 3.05) is 0 Å². The van der Waals surface area contributed by atoms with E-state index < -0.39 is 0 Å². The predicted molar refractivity (Wildman–Crippen MR) is 136 cm³/mol. The van der Waals surface area contributed by atoms with E-state index in [1.165, 1.54) is 128 Å². The zero-order chi connectivity index (χ0) is 23.0. The molecule has 0 aromatic rings. The molecule has 4 heteroatoms. The molecule has 4 unspecified atom stereocenters. The summed E-state index contributed by atoms with van der Waals surface area (Å²) in [7, 11) is 0. The third-order valence-corrected chi connectivity index (χ3v) is 9.42. The molecule has 5 rings (SSSR count). The van der Waals surface area contributed by atoms with Gasteiger partial charge in [0.2, 0.25) is 0 Å². The lowest BCUT2D eigenvalue weighted by molar-refractivity contribution is -0.132. The molecule has 5 aliphatic carbocycles. The molecule has 0 aliphatic heterocycles. The first-order chi connectivity index (χ1) is 16.8. The van der Waals surface area contributed by atoms with Crippen molar-refractivity contribution in [1.82, 2.24) is 0 Å². The highest BCUT2D eigenvalue weighted by molar-refractivity contribution is 4.82. The van der Waals surface area contributed by atoms with Crippen LogP contribution in [0.5, 0.6) is 0 Å². The molecule has 5 fully saturated rings. The fourth-order valence-corrected chi connectivity index (χ4v) is 7.49. The van der Waals surface area contributed by atoms with Crippen LogP contribution in [0.3, 0.4) is 0 Å². The predicted octanol–water partition coefficient (Wildman–Crippen LogP) is 7.65. The third kappa shape index (κ3) is 7.92. The Morgan fingerprint density at radius 2 is 0.500 bits per heavy atom. The Kier molecular flexibility index (Phi) is 10.0. The van der Waals surface area contributed by atoms with Gasteiger partial charge in [0.05, 0.1) is 48.8 Å². The molecule has 4 nitrogen and oxygen atoms in total. The first-order valence-corrected chi connectivity index (χ1v) is 15.4. The highest BCUT2D eigenvalue weighted by Gasteiger charge is 2.32. The summed E-state index contributed by atoms with van der Waals surface area (Å²) >= 11 is 0. The van der Waals surface area contributed by atoms with Gasteiger partial charge in [-0.1, -0.05) is 38.5 Å². The summed E-state index contributed by atoms with van der Waals surface area (Å²) in [6.45, 7) is 0. The van der Waals surface area contributed by atoms with Gasteiger partial charge in [-0.25, -0.2) is 0 Å². The number of ether oxygens (including phenoxy) is 4. The molecule has 0 aromatic heterocycles. The van der Waals surface area contributed by atoms with Gasteiger partial charge >= 0.3 is 0 Å². The minimum absolute atomic E-state index is 0.392. The van der Waals surface area contributed by atoms with Gasteiger partial charge < -0.3 is 18.9 Å². The maximum Gasteiger partial charge on any atom is 0.0603 e. The lowest BCUT2D eigenvalue weighted by atomic mass is 9.90. The average Bonchev–Trinajstić information content (AvgIpc) is 2.87. The van der Waals surface area contributed by atoms with Crippen LogP contribution in [0.25, 0.3) is 0 Å². The van der Waals surface area contributed by atoms with Crippen molar-refractivity contribution in [3.8, 4) is 0 Å². The normalized spacial score (nSPS) is 39.2. The summed E-state index contributed by atoms with van der Waals surface area (Å²) in [4.78, 5) is 0. The van der Waals surface area contributed by atoms with Gasteiger partial charge in [0, 0.05) is 0 Å². The van der Waals surface area contributed by atoms with E-state index in [4.69, 9.17) is 18.9 Å². The minimum atomic E-state index is 0.392. The van der Waals surface area contributed by atoms with Crippen LogP contribution in [-0.4, -0.2) is 48.8 Å². The van der Waals surface area contributed by atoms with Crippen molar-refractivity contribution in [2.45, 2.75) is 190 Å². The highest BCUT2D eigenvalue weighted by Crippen LogP contribution is 2.34. The molecule has 0 amide bonds. The second-order valence-corrected chi connectivity index (χ2v) is 12.3. The van der Waals surface area contributed by atoms with Crippen LogP contribution >= 0.6 is 0 Å². The average molecular weight is 477 g/mol. The second kappa shape index (κ2) is 13.4. The SMILES string of the molecule is C1CCC(OC2CCC(OC3CCCC(OC4CCCC(OC5CCCCC5)C4)C3)CC2)CC1. The Labute approximate surface area is 209 Å². The summed E-state index contributed by atoms with van der Waals surface area (Å²) in [5.41, 5.74) is 0. The monoisotopic (exact) mass is 476 g/mol. The first-order valence-electron chi connectivity index (χ1n) is 15.4. The van der Waals surface area contributed by atoms with Crippen molar-refractivity contribution >= 4 is 0 Å². The molecule has 0 bridgehead atoms. The van der Waals surface area contributed by atoms with Crippen LogP contribution in [0.2, 0.25) is 0 Å². The fraction of sp³-hybridized carbons (Fsp3) is 1.00. The van der Waals surface area contributed by atoms with E-state index in [-0.39, 0.29) is 0 Å². The third-order valence-electron chi connectivity index (χ3n) is 9.42. The molecule has 5 aliphatic rings. The van der Waals surface area contributed by atoms with Gasteiger partial charge in [-0.15, -0.1) is 0 Å². The zero-order valence-corrected chi connectivity index (χ0v) is 21.8. The number of rotatable bonds is 8. The maximum absolute atomic E-state index is 6.69. The number of hydrogen-bond donors (Lipinski definition) is 0. The fourth-order valence-electron chi connectivity index (χ4n) is 7.49. The van der Waals surface area contributed by atoms with E-state index in [2.05, 4.69) is 0 Å². The summed E-state index contributed by atoms with van der Waals surface area (Å²) in [6, 6.07) is 0. The van der Waals surface area contributed by atoms with Crippen LogP contribution in [0.15, 0.2) is 0 Å². The van der Waals surface area contributed by atoms with Gasteiger partial charge in [0.25, 0.3) is 0 Å². The van der Waals surface area contributed by atoms with E-state index in [1.54, 1.807) is 0 Å². The van der Waals surface area contributed by atoms with E-state index in [9.17, 15) is 0 Å². The van der Waals surface area contributed by atoms with Gasteiger partial charge in [-0.3, -0.25) is 0 Å². The van der Waals surface area contributed by atoms with Gasteiger partial charge in [0.15, 0.2) is 0 Å². The van der Waals surface area contributed by atoms with Gasteiger partial charge in [-0.05, 0) is 103 Å². The quantitative estimate of drug-likeness (QED) is 0.360. The molecule has 0 radical (unpaired) electrons. The molecular formula is C30H52O4. The summed E-state index contributed by atoms with van der Waals surface area (Å²) in [5.74, 6) is 0. The van der Waals surface area contributed by atoms with E-state index in [0.29, 0.717) is 48.8 Å². The molecular weight excluding hydrogens is 424 g/mol. The Bertz CT molecular complexity index is 562. The summed E-state index contributed by atoms with van der Waals surface area (Å²) in [6.07, 6.45) is 31.4. The van der Waals surface area contributed by atoms with Gasteiger partial charge in [0.1, 0.15) is 0 Å². The van der Waals surface area contributed by atoms with Crippen molar-refractivity contribution < 1.29 is 18.9 Å². The molecule has 0 spiro atoms. The largest absolute Gasteiger partial charge is 0.375 e. The maximum atomic E-state index is 6.69. The summed E-state index contributed by atoms with van der Waals surface area (Å²) in [5, 5.41) is 0. The standard InChI is InChI=1S/C30H52O4/c1-3-9-23(10-4-1)31-25-17-19-26(20-18-25)33-28-14-8-16-30(22-28)34-29-15-7-13-27(21-29)32-24-11-5-2-6-12-24/h23-30H,1-22H2. The topological polar surface area (TPSA) is 36.9 Å². The Morgan fingerprint density at radius 1 is 0.235 bits per heavy atom. The van der Waals surface area contributed by atoms with E-state index in [1.807, 2.05) is 0 Å². The molecule has 0 heterocycles. The molecule has 0 N–H and O–H groups in total. The molecule has 4 atom stereocenters. The smallest absolute Gasteiger partial charge is 0.0603 e. The van der Waals surface area contributed by atoms with Gasteiger partial charge in [-0.2, -0.15) is 0 Å². The molecule has 5 saturated carbocycles. The Hall–Kier alpha value is -0.160. The van der Waals surface area contributed by atoms with Crippen LogP contribution in [0.1, 0.15) is 141 Å². The molecule has 0 aromatic carbocycles. The highest BCUT2D eigenvalue weighted by atomic mass is 16.5. The van der Waals surface area contributed by atoms with Crippen molar-refractivity contribution in [3.63, 3.8) is 0 Å². The Morgan fingerprint density at radius 3 is 0.882 bits per heavy atom. The van der Waals surface area contributed by atoms with Crippen molar-refractivity contribution in [1.29, 1.82) is 0 Å². The number of hydrogen-bond acceptors (Lipinski definition) is 4. The second-order valence-electron chi connectivity index (χ2n) is 12.3. The Balaban J connectivity index is 0.993. The molecule has 0 saturated heterocycles. The summed E-state index contributed by atoms with van der Waals surface area (Å²) < 4.78 is 26.3. The van der Waals surface area contributed by atoms with Crippen LogP contribution in [0, 0.1) is 0 Å². The van der Waals surface area contributed by atoms with Crippen LogP contribution in [0.4, 0.5) is 0 Å². The van der Waals surface area contributed by atoms with Crippen molar-refractivity contribution in [3.05, 3.63) is 0 Å². The van der Waals surface area contributed by atoms with Crippen molar-refractivity contribution in [2.24, 2.45) is 0 Å². The van der Waals surface area contributed by atoms with E-state index in [0.717, 1.165) is 12.8 Å². The zero-order valence-electron chi connectivity index (χ0n) is 21.8. The molecule has 196 valence electrons. The van der Waals surface area contributed by atoms with Crippen LogP contribution < -0.4 is 0 Å². The van der Waals surface area contributed by atoms with E-state index >= 15 is 0 Å². The molecule has 34 heavy (non-hydrogen) atoms. The lowest BCUT2D eigenvalue weighted by Crippen LogP contribution is -2.38. The first kappa shape index (κ1) is 25.5. The minimum Gasteiger partial charge on any atom is -0.375 e.